The molecule has 31 heavy (non-hydrogen) atoms. The van der Waals surface area contributed by atoms with Crippen LogP contribution in [0.2, 0.25) is 0 Å². The van der Waals surface area contributed by atoms with Crippen molar-refractivity contribution in [2.24, 2.45) is 0 Å². The maximum atomic E-state index is 6.12. The Balaban J connectivity index is 1.40. The summed E-state index contributed by atoms with van der Waals surface area (Å²) in [5.41, 5.74) is 2.77. The van der Waals surface area contributed by atoms with E-state index in [4.69, 9.17) is 13.9 Å². The first-order valence-corrected chi connectivity index (χ1v) is 11.3. The summed E-state index contributed by atoms with van der Waals surface area (Å²) in [6.45, 7) is 5.71. The predicted molar refractivity (Wildman–Crippen MR) is 125 cm³/mol. The van der Waals surface area contributed by atoms with Crippen LogP contribution in [0.25, 0.3) is 22.3 Å². The van der Waals surface area contributed by atoms with E-state index in [1.54, 1.807) is 0 Å². The zero-order chi connectivity index (χ0) is 21.5. The van der Waals surface area contributed by atoms with Crippen LogP contribution < -0.4 is 5.32 Å². The number of para-hydroxylation sites is 1. The topological polar surface area (TPSA) is 43.6 Å². The van der Waals surface area contributed by atoms with E-state index in [0.29, 0.717) is 12.6 Å². The molecular weight excluding hydrogens is 386 g/mol. The van der Waals surface area contributed by atoms with E-state index in [0.717, 1.165) is 47.2 Å². The average Bonchev–Trinajstić information content (AvgIpc) is 3.17. The second-order valence-corrected chi connectivity index (χ2v) is 8.04. The molecule has 0 unspecified atom stereocenters. The zero-order valence-electron chi connectivity index (χ0n) is 18.4. The normalized spacial score (nSPS) is 21.0. The number of rotatable bonds is 7. The molecule has 0 aliphatic carbocycles. The van der Waals surface area contributed by atoms with Gasteiger partial charge in [-0.1, -0.05) is 67.6 Å². The van der Waals surface area contributed by atoms with Crippen molar-refractivity contribution < 1.29 is 13.9 Å². The Morgan fingerprint density at radius 1 is 1.06 bits per heavy atom. The number of hydrogen-bond donors (Lipinski definition) is 1. The van der Waals surface area contributed by atoms with Crippen LogP contribution in [0.4, 0.5) is 0 Å². The van der Waals surface area contributed by atoms with Gasteiger partial charge in [-0.3, -0.25) is 0 Å². The molecule has 0 spiro atoms. The molecule has 4 rings (SSSR count). The van der Waals surface area contributed by atoms with Crippen LogP contribution >= 0.6 is 0 Å². The molecule has 1 aromatic heterocycles. The minimum Gasteiger partial charge on any atom is -0.455 e. The summed E-state index contributed by atoms with van der Waals surface area (Å²) < 4.78 is 18.1. The first-order valence-electron chi connectivity index (χ1n) is 11.3. The minimum absolute atomic E-state index is 0.145. The largest absolute Gasteiger partial charge is 0.455 e. The van der Waals surface area contributed by atoms with Gasteiger partial charge in [-0.05, 0) is 38.4 Å². The van der Waals surface area contributed by atoms with Crippen molar-refractivity contribution >= 4 is 11.0 Å². The van der Waals surface area contributed by atoms with Gasteiger partial charge in [-0.2, -0.15) is 0 Å². The Bertz CT molecular complexity index is 1030. The molecule has 1 aliphatic heterocycles. The van der Waals surface area contributed by atoms with Gasteiger partial charge >= 0.3 is 0 Å². The van der Waals surface area contributed by atoms with Crippen LogP contribution in [0.5, 0.6) is 0 Å². The van der Waals surface area contributed by atoms with Crippen molar-refractivity contribution in [1.82, 2.24) is 5.32 Å². The molecule has 0 radical (unpaired) electrons. The monoisotopic (exact) mass is 417 g/mol. The fraction of sp³-hybridized carbons (Fsp3) is 0.407. The second-order valence-electron chi connectivity index (χ2n) is 8.04. The van der Waals surface area contributed by atoms with Crippen LogP contribution in [0.1, 0.15) is 45.1 Å². The van der Waals surface area contributed by atoms with Crippen molar-refractivity contribution in [2.45, 2.75) is 58.0 Å². The molecule has 2 aromatic carbocycles. The van der Waals surface area contributed by atoms with E-state index in [1.807, 2.05) is 54.6 Å². The van der Waals surface area contributed by atoms with Gasteiger partial charge in [0.2, 0.25) is 0 Å². The number of benzene rings is 2. The molecular formula is C27H31NO3. The zero-order valence-corrected chi connectivity index (χ0v) is 18.4. The van der Waals surface area contributed by atoms with Crippen molar-refractivity contribution in [1.29, 1.82) is 0 Å². The highest BCUT2D eigenvalue weighted by Gasteiger charge is 2.27. The van der Waals surface area contributed by atoms with E-state index < -0.39 is 0 Å². The van der Waals surface area contributed by atoms with Crippen LogP contribution in [-0.4, -0.2) is 31.6 Å². The predicted octanol–water partition coefficient (Wildman–Crippen LogP) is 5.75. The highest BCUT2D eigenvalue weighted by molar-refractivity contribution is 5.91. The van der Waals surface area contributed by atoms with Gasteiger partial charge in [-0.25, -0.2) is 0 Å². The van der Waals surface area contributed by atoms with Crippen LogP contribution in [-0.2, 0) is 9.47 Å². The van der Waals surface area contributed by atoms with Gasteiger partial charge in [0, 0.05) is 23.4 Å². The Kier molecular flexibility index (Phi) is 7.43. The smallest absolute Gasteiger partial charge is 0.159 e. The molecule has 1 saturated heterocycles. The molecule has 0 bridgehead atoms. The lowest BCUT2D eigenvalue weighted by molar-refractivity contribution is -0.190. The number of fused-ring (bicyclic) bond motifs is 1. The third-order valence-electron chi connectivity index (χ3n) is 5.77. The maximum absolute atomic E-state index is 6.12. The van der Waals surface area contributed by atoms with Crippen molar-refractivity contribution in [3.8, 4) is 23.2 Å². The van der Waals surface area contributed by atoms with Gasteiger partial charge in [0.1, 0.15) is 12.2 Å². The lowest BCUT2D eigenvalue weighted by Crippen LogP contribution is -2.46. The van der Waals surface area contributed by atoms with Crippen LogP contribution in [0.15, 0.2) is 59.0 Å². The van der Waals surface area contributed by atoms with E-state index in [9.17, 15) is 0 Å². The van der Waals surface area contributed by atoms with E-state index in [2.05, 4.69) is 31.0 Å². The Morgan fingerprint density at radius 3 is 2.68 bits per heavy atom. The summed E-state index contributed by atoms with van der Waals surface area (Å²) in [7, 11) is 0. The molecule has 4 nitrogen and oxygen atoms in total. The van der Waals surface area contributed by atoms with Crippen molar-refractivity contribution in [2.75, 3.05) is 13.2 Å². The Labute approximate surface area is 184 Å². The number of nitrogens with one attached hydrogen (secondary N) is 1. The fourth-order valence-corrected chi connectivity index (χ4v) is 4.03. The number of furan rings is 1. The highest BCUT2D eigenvalue weighted by Crippen LogP contribution is 2.32. The van der Waals surface area contributed by atoms with Crippen molar-refractivity contribution in [3.63, 3.8) is 0 Å². The van der Waals surface area contributed by atoms with Crippen LogP contribution in [0.3, 0.4) is 0 Å². The first kappa shape index (κ1) is 21.6. The summed E-state index contributed by atoms with van der Waals surface area (Å²) in [5.74, 6) is 7.27. The highest BCUT2D eigenvalue weighted by atomic mass is 16.7. The fourth-order valence-electron chi connectivity index (χ4n) is 4.03. The first-order chi connectivity index (χ1) is 15.3. The summed E-state index contributed by atoms with van der Waals surface area (Å²) >= 11 is 0. The van der Waals surface area contributed by atoms with Gasteiger partial charge in [0.05, 0.1) is 11.7 Å². The Morgan fingerprint density at radius 2 is 1.87 bits per heavy atom. The van der Waals surface area contributed by atoms with E-state index in [1.165, 1.54) is 12.8 Å². The van der Waals surface area contributed by atoms with Gasteiger partial charge in [0.15, 0.2) is 12.1 Å². The second kappa shape index (κ2) is 10.6. The molecule has 2 heterocycles. The molecule has 1 aliphatic rings. The molecule has 4 heteroatoms. The van der Waals surface area contributed by atoms with Gasteiger partial charge in [-0.15, -0.1) is 0 Å². The third kappa shape index (κ3) is 5.37. The quantitative estimate of drug-likeness (QED) is 0.393. The summed E-state index contributed by atoms with van der Waals surface area (Å²) in [6.07, 6.45) is 4.31. The molecule has 3 aromatic rings. The lowest BCUT2D eigenvalue weighted by atomic mass is 10.0. The van der Waals surface area contributed by atoms with Crippen LogP contribution in [0, 0.1) is 11.8 Å². The van der Waals surface area contributed by atoms with Gasteiger partial charge < -0.3 is 19.2 Å². The molecule has 0 saturated carbocycles. The summed E-state index contributed by atoms with van der Waals surface area (Å²) in [5, 5.41) is 4.62. The van der Waals surface area contributed by atoms with E-state index in [-0.39, 0.29) is 12.4 Å². The lowest BCUT2D eigenvalue weighted by Gasteiger charge is -2.34. The number of hydrogen-bond acceptors (Lipinski definition) is 4. The van der Waals surface area contributed by atoms with Crippen molar-refractivity contribution in [3.05, 3.63) is 60.2 Å². The summed E-state index contributed by atoms with van der Waals surface area (Å²) in [6, 6.07) is 18.5. The summed E-state index contributed by atoms with van der Waals surface area (Å²) in [4.78, 5) is 0. The molecule has 3 atom stereocenters. The molecule has 0 amide bonds. The maximum Gasteiger partial charge on any atom is 0.159 e. The SMILES string of the molecule is CCCCN[C@H]1CC[C@H](OCC#Cc2c(-c3ccccc3)oc3ccccc23)O[C@H]1C. The third-order valence-corrected chi connectivity index (χ3v) is 5.77. The Hall–Kier alpha value is -2.58. The standard InChI is InChI=1S/C27H31NO3/c1-3-4-18-28-24-16-17-26(30-20(24)2)29-19-10-14-23-22-13-8-9-15-25(22)31-27(23)21-11-6-5-7-12-21/h5-9,11-13,15,20,24,26,28H,3-4,16-19H2,1-2H3/t20-,24-,26+/m0/s1. The van der Waals surface area contributed by atoms with E-state index >= 15 is 0 Å². The average molecular weight is 418 g/mol. The van der Waals surface area contributed by atoms with Gasteiger partial charge in [0.25, 0.3) is 0 Å². The molecule has 162 valence electrons. The molecule has 1 N–H and O–H groups in total. The minimum atomic E-state index is -0.191. The molecule has 1 fully saturated rings. The number of unbranched alkanes of at least 4 members (excludes halogenated alkanes) is 1. The number of ether oxygens (including phenoxy) is 2.